The molecule has 0 amide bonds. The van der Waals surface area contributed by atoms with Crippen LogP contribution in [0.25, 0.3) is 11.1 Å². The maximum atomic E-state index is 13.6. The topological polar surface area (TPSA) is 29.9 Å². The lowest BCUT2D eigenvalue weighted by atomic mass is 10.00. The van der Waals surface area contributed by atoms with Gasteiger partial charge in [0, 0.05) is 30.4 Å². The Balaban J connectivity index is 2.42. The van der Waals surface area contributed by atoms with Gasteiger partial charge in [-0.3, -0.25) is 4.68 Å². The van der Waals surface area contributed by atoms with Crippen LogP contribution >= 0.6 is 0 Å². The molecule has 0 fully saturated rings. The molecule has 1 aromatic heterocycles. The van der Waals surface area contributed by atoms with E-state index in [-0.39, 0.29) is 5.82 Å². The second-order valence-corrected chi connectivity index (χ2v) is 5.30. The van der Waals surface area contributed by atoms with Gasteiger partial charge in [-0.1, -0.05) is 19.9 Å². The highest BCUT2D eigenvalue weighted by Crippen LogP contribution is 2.27. The van der Waals surface area contributed by atoms with Crippen LogP contribution in [0.4, 0.5) is 4.39 Å². The summed E-state index contributed by atoms with van der Waals surface area (Å²) in [7, 11) is 0. The van der Waals surface area contributed by atoms with Gasteiger partial charge < -0.3 is 5.32 Å². The molecule has 0 saturated carbocycles. The van der Waals surface area contributed by atoms with E-state index in [0.29, 0.717) is 6.04 Å². The Morgan fingerprint density at radius 1 is 1.30 bits per heavy atom. The maximum Gasteiger partial charge on any atom is 0.123 e. The van der Waals surface area contributed by atoms with Crippen LogP contribution in [-0.4, -0.2) is 15.8 Å². The predicted molar refractivity (Wildman–Crippen MR) is 80.0 cm³/mol. The SMILES string of the molecule is CCn1ncc(-c2cc(F)ccc2CNC(C)C)c1C. The van der Waals surface area contributed by atoms with Gasteiger partial charge in [0.15, 0.2) is 0 Å². The number of hydrogen-bond donors (Lipinski definition) is 1. The number of nitrogens with one attached hydrogen (secondary N) is 1. The third kappa shape index (κ3) is 3.07. The van der Waals surface area contributed by atoms with Crippen molar-refractivity contribution < 1.29 is 4.39 Å². The van der Waals surface area contributed by atoms with Crippen LogP contribution in [0.5, 0.6) is 0 Å². The second kappa shape index (κ2) is 6.18. The van der Waals surface area contributed by atoms with Crippen LogP contribution in [0.3, 0.4) is 0 Å². The molecule has 1 aromatic carbocycles. The molecule has 2 rings (SSSR count). The van der Waals surface area contributed by atoms with Crippen LogP contribution in [0.1, 0.15) is 32.0 Å². The standard InChI is InChI=1S/C16H22FN3/c1-5-20-12(4)16(10-19-20)15-8-14(17)7-6-13(15)9-18-11(2)3/h6-8,10-11,18H,5,9H2,1-4H3. The van der Waals surface area contributed by atoms with Crippen molar-refractivity contribution in [2.75, 3.05) is 0 Å². The Morgan fingerprint density at radius 2 is 2.05 bits per heavy atom. The lowest BCUT2D eigenvalue weighted by Crippen LogP contribution is -2.22. The normalized spacial score (nSPS) is 11.3. The van der Waals surface area contributed by atoms with E-state index in [0.717, 1.165) is 35.5 Å². The molecule has 3 nitrogen and oxygen atoms in total. The molecule has 1 N–H and O–H groups in total. The van der Waals surface area contributed by atoms with Crippen molar-refractivity contribution in [2.24, 2.45) is 0 Å². The summed E-state index contributed by atoms with van der Waals surface area (Å²) < 4.78 is 15.5. The van der Waals surface area contributed by atoms with Crippen molar-refractivity contribution in [3.63, 3.8) is 0 Å². The largest absolute Gasteiger partial charge is 0.310 e. The summed E-state index contributed by atoms with van der Waals surface area (Å²) in [4.78, 5) is 0. The molecule has 0 bridgehead atoms. The van der Waals surface area contributed by atoms with Gasteiger partial charge in [-0.25, -0.2) is 4.39 Å². The first-order valence-electron chi connectivity index (χ1n) is 7.07. The molecule has 1 heterocycles. The van der Waals surface area contributed by atoms with E-state index < -0.39 is 0 Å². The number of aryl methyl sites for hydroxylation is 1. The van der Waals surface area contributed by atoms with Gasteiger partial charge in [0.05, 0.1) is 6.20 Å². The van der Waals surface area contributed by atoms with Crippen LogP contribution in [-0.2, 0) is 13.1 Å². The Bertz CT molecular complexity index is 587. The van der Waals surface area contributed by atoms with Gasteiger partial charge in [0.1, 0.15) is 5.82 Å². The summed E-state index contributed by atoms with van der Waals surface area (Å²) in [6.07, 6.45) is 1.83. The maximum absolute atomic E-state index is 13.6. The lowest BCUT2D eigenvalue weighted by Gasteiger charge is -2.13. The zero-order valence-corrected chi connectivity index (χ0v) is 12.6. The lowest BCUT2D eigenvalue weighted by molar-refractivity contribution is 0.587. The molecule has 0 atom stereocenters. The molecule has 4 heteroatoms. The van der Waals surface area contributed by atoms with Crippen LogP contribution in [0.2, 0.25) is 0 Å². The third-order valence-electron chi connectivity index (χ3n) is 3.47. The first kappa shape index (κ1) is 14.7. The van der Waals surface area contributed by atoms with E-state index in [1.54, 1.807) is 6.07 Å². The van der Waals surface area contributed by atoms with Crippen molar-refractivity contribution in [2.45, 2.75) is 46.8 Å². The fourth-order valence-electron chi connectivity index (χ4n) is 2.30. The molecule has 20 heavy (non-hydrogen) atoms. The quantitative estimate of drug-likeness (QED) is 0.905. The summed E-state index contributed by atoms with van der Waals surface area (Å²) in [5, 5.41) is 7.73. The number of benzene rings is 1. The highest BCUT2D eigenvalue weighted by molar-refractivity contribution is 5.69. The molecule has 0 aliphatic carbocycles. The third-order valence-corrected chi connectivity index (χ3v) is 3.47. The number of nitrogens with zero attached hydrogens (tertiary/aromatic N) is 2. The fraction of sp³-hybridized carbons (Fsp3) is 0.438. The van der Waals surface area contributed by atoms with Gasteiger partial charge in [0.25, 0.3) is 0 Å². The van der Waals surface area contributed by atoms with Crippen molar-refractivity contribution >= 4 is 0 Å². The second-order valence-electron chi connectivity index (χ2n) is 5.30. The monoisotopic (exact) mass is 275 g/mol. The van der Waals surface area contributed by atoms with Gasteiger partial charge >= 0.3 is 0 Å². The molecule has 0 spiro atoms. The van der Waals surface area contributed by atoms with Crippen molar-refractivity contribution in [3.05, 3.63) is 41.5 Å². The first-order valence-corrected chi connectivity index (χ1v) is 7.07. The Kier molecular flexibility index (Phi) is 4.55. The smallest absolute Gasteiger partial charge is 0.123 e. The van der Waals surface area contributed by atoms with E-state index in [9.17, 15) is 4.39 Å². The molecule has 2 aromatic rings. The number of aromatic nitrogens is 2. The zero-order valence-electron chi connectivity index (χ0n) is 12.6. The highest BCUT2D eigenvalue weighted by Gasteiger charge is 2.13. The van der Waals surface area contributed by atoms with E-state index in [4.69, 9.17) is 0 Å². The molecule has 0 radical (unpaired) electrons. The molecule has 0 aliphatic heterocycles. The minimum Gasteiger partial charge on any atom is -0.310 e. The summed E-state index contributed by atoms with van der Waals surface area (Å²) in [5.41, 5.74) is 4.10. The molecule has 0 unspecified atom stereocenters. The van der Waals surface area contributed by atoms with E-state index in [1.165, 1.54) is 6.07 Å². The number of halogens is 1. The van der Waals surface area contributed by atoms with Crippen molar-refractivity contribution in [1.82, 2.24) is 15.1 Å². The molecular weight excluding hydrogens is 253 g/mol. The van der Waals surface area contributed by atoms with E-state index >= 15 is 0 Å². The summed E-state index contributed by atoms with van der Waals surface area (Å²) in [5.74, 6) is -0.211. The zero-order chi connectivity index (χ0) is 14.7. The van der Waals surface area contributed by atoms with Crippen molar-refractivity contribution in [3.8, 4) is 11.1 Å². The van der Waals surface area contributed by atoms with Crippen LogP contribution in [0.15, 0.2) is 24.4 Å². The highest BCUT2D eigenvalue weighted by atomic mass is 19.1. The molecular formula is C16H22FN3. The Hall–Kier alpha value is -1.68. The fourth-order valence-corrected chi connectivity index (χ4v) is 2.30. The van der Waals surface area contributed by atoms with Crippen LogP contribution < -0.4 is 5.32 Å². The van der Waals surface area contributed by atoms with Crippen LogP contribution in [0, 0.1) is 12.7 Å². The molecule has 0 aliphatic rings. The van der Waals surface area contributed by atoms with E-state index in [1.807, 2.05) is 23.9 Å². The summed E-state index contributed by atoms with van der Waals surface area (Å²) in [6.45, 7) is 9.82. The number of rotatable bonds is 5. The predicted octanol–water partition coefficient (Wildman–Crippen LogP) is 3.52. The minimum absolute atomic E-state index is 0.211. The van der Waals surface area contributed by atoms with Crippen molar-refractivity contribution in [1.29, 1.82) is 0 Å². The minimum atomic E-state index is -0.211. The van der Waals surface area contributed by atoms with Gasteiger partial charge in [-0.05, 0) is 37.1 Å². The average Bonchev–Trinajstić information content (AvgIpc) is 2.78. The number of hydrogen-bond acceptors (Lipinski definition) is 2. The average molecular weight is 275 g/mol. The summed E-state index contributed by atoms with van der Waals surface area (Å²) in [6, 6.07) is 5.36. The van der Waals surface area contributed by atoms with Gasteiger partial charge in [0.2, 0.25) is 0 Å². The Labute approximate surface area is 119 Å². The van der Waals surface area contributed by atoms with E-state index in [2.05, 4.69) is 31.2 Å². The van der Waals surface area contributed by atoms with Gasteiger partial charge in [-0.15, -0.1) is 0 Å². The Morgan fingerprint density at radius 3 is 2.65 bits per heavy atom. The molecule has 0 saturated heterocycles. The summed E-state index contributed by atoms with van der Waals surface area (Å²) >= 11 is 0. The molecule has 108 valence electrons. The first-order chi connectivity index (χ1) is 9.52. The van der Waals surface area contributed by atoms with Gasteiger partial charge in [-0.2, -0.15) is 5.10 Å².